The molecule has 1 aliphatic rings. The van der Waals surface area contributed by atoms with Crippen molar-refractivity contribution in [2.24, 2.45) is 0 Å². The highest BCUT2D eigenvalue weighted by molar-refractivity contribution is 7.98. The van der Waals surface area contributed by atoms with E-state index in [0.717, 1.165) is 43.1 Å². The van der Waals surface area contributed by atoms with Crippen molar-refractivity contribution in [3.63, 3.8) is 0 Å². The van der Waals surface area contributed by atoms with Gasteiger partial charge in [0.1, 0.15) is 5.75 Å². The maximum atomic E-state index is 12.5. The Balaban J connectivity index is 2.01. The smallest absolute Gasteiger partial charge is 0.239 e. The van der Waals surface area contributed by atoms with Gasteiger partial charge >= 0.3 is 0 Å². The number of rotatable bonds is 6. The zero-order chi connectivity index (χ0) is 16.1. The molecule has 2 rings (SSSR count). The van der Waals surface area contributed by atoms with E-state index in [9.17, 15) is 4.79 Å². The molecule has 0 radical (unpaired) electrons. The summed E-state index contributed by atoms with van der Waals surface area (Å²) < 4.78 is 5.43. The summed E-state index contributed by atoms with van der Waals surface area (Å²) in [5, 5.41) is 0. The number of likely N-dealkylation sites (tertiary alicyclic amines) is 1. The van der Waals surface area contributed by atoms with E-state index in [1.165, 1.54) is 5.56 Å². The molecule has 0 N–H and O–H groups in total. The third-order valence-corrected chi connectivity index (χ3v) is 5.09. The molecule has 0 aliphatic carbocycles. The number of thioether (sulfide) groups is 1. The molecular weight excluding hydrogens is 296 g/mol. The fourth-order valence-electron chi connectivity index (χ4n) is 2.79. The molecule has 0 saturated carbocycles. The molecule has 0 unspecified atom stereocenters. The minimum Gasteiger partial charge on any atom is -0.496 e. The number of amides is 1. The Hall–Kier alpha value is -1.20. The number of carbonyl (C=O) groups is 1. The van der Waals surface area contributed by atoms with E-state index in [2.05, 4.69) is 23.1 Å². The second kappa shape index (κ2) is 7.88. The Kier molecular flexibility index (Phi) is 6.15. The first kappa shape index (κ1) is 17.2. The fourth-order valence-corrected chi connectivity index (χ4v) is 3.34. The molecule has 122 valence electrons. The third kappa shape index (κ3) is 3.96. The van der Waals surface area contributed by atoms with E-state index >= 15 is 0 Å². The van der Waals surface area contributed by atoms with E-state index in [4.69, 9.17) is 4.74 Å². The average molecular weight is 322 g/mol. The summed E-state index contributed by atoms with van der Waals surface area (Å²) in [6, 6.07) is 6.16. The number of ether oxygens (including phenoxy) is 1. The van der Waals surface area contributed by atoms with Crippen LogP contribution in [-0.2, 0) is 11.3 Å². The van der Waals surface area contributed by atoms with E-state index < -0.39 is 0 Å². The Morgan fingerprint density at radius 2 is 2.09 bits per heavy atom. The molecule has 4 nitrogen and oxygen atoms in total. The third-order valence-electron chi connectivity index (χ3n) is 4.32. The van der Waals surface area contributed by atoms with E-state index in [-0.39, 0.29) is 11.9 Å². The first-order valence-corrected chi connectivity index (χ1v) is 8.99. The highest BCUT2D eigenvalue weighted by Crippen LogP contribution is 2.28. The fraction of sp³-hybridized carbons (Fsp3) is 0.588. The SMILES string of the molecule is COc1cc(CN(C)[C@@H](C)C(=O)N2CCCC2)ccc1SC. The Labute approximate surface area is 137 Å². The molecule has 0 aromatic heterocycles. The van der Waals surface area contributed by atoms with Crippen molar-refractivity contribution >= 4 is 17.7 Å². The first-order chi connectivity index (χ1) is 10.6. The summed E-state index contributed by atoms with van der Waals surface area (Å²) >= 11 is 1.68. The Bertz CT molecular complexity index is 515. The molecule has 5 heteroatoms. The standard InChI is InChI=1S/C17H26N2O2S/c1-13(17(20)19-9-5-6-10-19)18(2)12-14-7-8-16(22-4)15(11-14)21-3/h7-8,11,13H,5-6,9-10,12H2,1-4H3/t13-/m0/s1. The predicted molar refractivity (Wildman–Crippen MR) is 91.5 cm³/mol. The number of hydrogen-bond donors (Lipinski definition) is 0. The topological polar surface area (TPSA) is 32.8 Å². The molecule has 1 amide bonds. The molecule has 1 heterocycles. The summed E-state index contributed by atoms with van der Waals surface area (Å²) in [6.07, 6.45) is 4.31. The number of methoxy groups -OCH3 is 1. The van der Waals surface area contributed by atoms with Gasteiger partial charge in [0.05, 0.1) is 13.2 Å². The number of likely N-dealkylation sites (N-methyl/N-ethyl adjacent to an activating group) is 1. The van der Waals surface area contributed by atoms with Gasteiger partial charge in [-0.1, -0.05) is 6.07 Å². The quantitative estimate of drug-likeness (QED) is 0.754. The van der Waals surface area contributed by atoms with Crippen molar-refractivity contribution in [3.8, 4) is 5.75 Å². The lowest BCUT2D eigenvalue weighted by Gasteiger charge is -2.28. The summed E-state index contributed by atoms with van der Waals surface area (Å²) in [6.45, 7) is 4.56. The zero-order valence-electron chi connectivity index (χ0n) is 14.0. The lowest BCUT2D eigenvalue weighted by Crippen LogP contribution is -2.44. The van der Waals surface area contributed by atoms with Gasteiger partial charge in [-0.05, 0) is 50.8 Å². The van der Waals surface area contributed by atoms with Gasteiger partial charge in [-0.2, -0.15) is 0 Å². The minimum absolute atomic E-state index is 0.0932. The van der Waals surface area contributed by atoms with E-state index in [1.54, 1.807) is 18.9 Å². The Morgan fingerprint density at radius 1 is 1.41 bits per heavy atom. The van der Waals surface area contributed by atoms with E-state index in [1.807, 2.05) is 25.1 Å². The van der Waals surface area contributed by atoms with Gasteiger partial charge in [-0.3, -0.25) is 9.69 Å². The van der Waals surface area contributed by atoms with Crippen LogP contribution >= 0.6 is 11.8 Å². The van der Waals surface area contributed by atoms with Crippen molar-refractivity contribution < 1.29 is 9.53 Å². The second-order valence-corrected chi connectivity index (χ2v) is 6.66. The highest BCUT2D eigenvalue weighted by atomic mass is 32.2. The van der Waals surface area contributed by atoms with Crippen LogP contribution in [0.4, 0.5) is 0 Å². The Morgan fingerprint density at radius 3 is 2.68 bits per heavy atom. The van der Waals surface area contributed by atoms with Crippen molar-refractivity contribution in [3.05, 3.63) is 23.8 Å². The number of nitrogens with zero attached hydrogens (tertiary/aromatic N) is 2. The lowest BCUT2D eigenvalue weighted by atomic mass is 10.1. The van der Waals surface area contributed by atoms with Crippen LogP contribution in [0.3, 0.4) is 0 Å². The van der Waals surface area contributed by atoms with Gasteiger partial charge in [0.25, 0.3) is 0 Å². The summed E-state index contributed by atoms with van der Waals surface area (Å²) in [5.74, 6) is 1.14. The molecule has 1 saturated heterocycles. The molecule has 1 aromatic rings. The van der Waals surface area contributed by atoms with Crippen molar-refractivity contribution in [1.82, 2.24) is 9.80 Å². The normalized spacial score (nSPS) is 16.1. The molecule has 22 heavy (non-hydrogen) atoms. The highest BCUT2D eigenvalue weighted by Gasteiger charge is 2.25. The number of benzene rings is 1. The summed E-state index contributed by atoms with van der Waals surface area (Å²) in [4.78, 5) is 17.7. The van der Waals surface area contributed by atoms with Crippen molar-refractivity contribution in [2.75, 3.05) is 33.5 Å². The van der Waals surface area contributed by atoms with Crippen LogP contribution in [0.15, 0.2) is 23.1 Å². The minimum atomic E-state index is -0.0932. The molecule has 1 aliphatic heterocycles. The molecule has 0 spiro atoms. The van der Waals surface area contributed by atoms with Crippen molar-refractivity contribution in [2.45, 2.75) is 37.2 Å². The van der Waals surface area contributed by atoms with Gasteiger partial charge in [0, 0.05) is 24.5 Å². The number of carbonyl (C=O) groups excluding carboxylic acids is 1. The molecule has 1 fully saturated rings. The molecule has 0 bridgehead atoms. The van der Waals surface area contributed by atoms with Gasteiger partial charge in [0.15, 0.2) is 0 Å². The molecule has 1 atom stereocenters. The van der Waals surface area contributed by atoms with Crippen LogP contribution in [0.2, 0.25) is 0 Å². The maximum Gasteiger partial charge on any atom is 0.239 e. The van der Waals surface area contributed by atoms with Gasteiger partial charge in [0.2, 0.25) is 5.91 Å². The first-order valence-electron chi connectivity index (χ1n) is 7.76. The van der Waals surface area contributed by atoms with Crippen LogP contribution in [0.1, 0.15) is 25.3 Å². The lowest BCUT2D eigenvalue weighted by molar-refractivity contribution is -0.135. The van der Waals surface area contributed by atoms with Gasteiger partial charge < -0.3 is 9.64 Å². The monoisotopic (exact) mass is 322 g/mol. The number of hydrogen-bond acceptors (Lipinski definition) is 4. The second-order valence-electron chi connectivity index (χ2n) is 5.81. The molecule has 1 aromatic carbocycles. The largest absolute Gasteiger partial charge is 0.496 e. The van der Waals surface area contributed by atoms with Crippen LogP contribution in [-0.4, -0.2) is 55.3 Å². The van der Waals surface area contributed by atoms with Crippen molar-refractivity contribution in [1.29, 1.82) is 0 Å². The van der Waals surface area contributed by atoms with Crippen LogP contribution < -0.4 is 4.74 Å². The van der Waals surface area contributed by atoms with Crippen LogP contribution in [0.25, 0.3) is 0 Å². The zero-order valence-corrected chi connectivity index (χ0v) is 14.8. The van der Waals surface area contributed by atoms with E-state index in [0.29, 0.717) is 0 Å². The molecular formula is C17H26N2O2S. The summed E-state index contributed by atoms with van der Waals surface area (Å²) in [7, 11) is 3.70. The predicted octanol–water partition coefficient (Wildman–Crippen LogP) is 2.86. The van der Waals surface area contributed by atoms with Crippen LogP contribution in [0, 0.1) is 0 Å². The van der Waals surface area contributed by atoms with Crippen LogP contribution in [0.5, 0.6) is 5.75 Å². The maximum absolute atomic E-state index is 12.5. The summed E-state index contributed by atoms with van der Waals surface area (Å²) in [5.41, 5.74) is 1.17. The van der Waals surface area contributed by atoms with Gasteiger partial charge in [-0.15, -0.1) is 11.8 Å². The van der Waals surface area contributed by atoms with Gasteiger partial charge in [-0.25, -0.2) is 0 Å². The average Bonchev–Trinajstić information content (AvgIpc) is 3.07.